The van der Waals surface area contributed by atoms with Gasteiger partial charge in [-0.05, 0) is 13.8 Å². The molecule has 6 heteroatoms. The fraction of sp³-hybridized carbons (Fsp3) is 0.600. The van der Waals surface area contributed by atoms with Crippen molar-refractivity contribution in [3.05, 3.63) is 17.5 Å². The Labute approximate surface area is 93.3 Å². The highest BCUT2D eigenvalue weighted by Gasteiger charge is 2.17. The Balaban J connectivity index is 2.47. The first-order valence-electron chi connectivity index (χ1n) is 5.03. The maximum absolute atomic E-state index is 11.5. The lowest BCUT2D eigenvalue weighted by Crippen LogP contribution is -2.45. The molecular weight excluding hydrogens is 212 g/mol. The molecule has 0 saturated heterocycles. The van der Waals surface area contributed by atoms with Crippen molar-refractivity contribution in [2.45, 2.75) is 32.4 Å². The second-order valence-electron chi connectivity index (χ2n) is 3.71. The SMILES string of the molecule is Cc1cc(CC(=O)N[C@@H](CO)[C@@H](C)O)on1. The number of rotatable bonds is 5. The molecule has 1 rings (SSSR count). The number of aliphatic hydroxyl groups is 2. The fourth-order valence-electron chi connectivity index (χ4n) is 1.23. The van der Waals surface area contributed by atoms with E-state index in [1.807, 2.05) is 0 Å². The van der Waals surface area contributed by atoms with Crippen molar-refractivity contribution in [2.24, 2.45) is 0 Å². The van der Waals surface area contributed by atoms with Crippen LogP contribution >= 0.6 is 0 Å². The average molecular weight is 228 g/mol. The molecule has 1 aromatic heterocycles. The number of aliphatic hydroxyl groups excluding tert-OH is 2. The maximum Gasteiger partial charge on any atom is 0.228 e. The summed E-state index contributed by atoms with van der Waals surface area (Å²) in [7, 11) is 0. The van der Waals surface area contributed by atoms with Gasteiger partial charge < -0.3 is 20.1 Å². The molecule has 0 aromatic carbocycles. The monoisotopic (exact) mass is 228 g/mol. The van der Waals surface area contributed by atoms with E-state index in [2.05, 4.69) is 10.5 Å². The molecular formula is C10H16N2O4. The predicted molar refractivity (Wildman–Crippen MR) is 55.6 cm³/mol. The number of nitrogens with one attached hydrogen (secondary N) is 1. The van der Waals surface area contributed by atoms with Crippen molar-refractivity contribution in [3.8, 4) is 0 Å². The van der Waals surface area contributed by atoms with Gasteiger partial charge in [-0.1, -0.05) is 5.16 Å². The molecule has 0 aliphatic heterocycles. The van der Waals surface area contributed by atoms with Crippen molar-refractivity contribution in [3.63, 3.8) is 0 Å². The number of carbonyl (C=O) groups excluding carboxylic acids is 1. The highest BCUT2D eigenvalue weighted by atomic mass is 16.5. The summed E-state index contributed by atoms with van der Waals surface area (Å²) in [6.07, 6.45) is -0.755. The molecule has 0 spiro atoms. The third-order valence-corrected chi connectivity index (χ3v) is 2.14. The summed E-state index contributed by atoms with van der Waals surface area (Å²) in [5, 5.41) is 24.3. The Morgan fingerprint density at radius 1 is 1.69 bits per heavy atom. The summed E-state index contributed by atoms with van der Waals surface area (Å²) in [6.45, 7) is 2.95. The van der Waals surface area contributed by atoms with Crippen molar-refractivity contribution < 1.29 is 19.5 Å². The zero-order chi connectivity index (χ0) is 12.1. The van der Waals surface area contributed by atoms with Gasteiger partial charge in [-0.25, -0.2) is 0 Å². The van der Waals surface area contributed by atoms with Crippen LogP contribution in [0.4, 0.5) is 0 Å². The topological polar surface area (TPSA) is 95.6 Å². The first kappa shape index (κ1) is 12.7. The van der Waals surface area contributed by atoms with Crippen molar-refractivity contribution in [1.29, 1.82) is 0 Å². The normalized spacial score (nSPS) is 14.5. The Hall–Kier alpha value is -1.40. The van der Waals surface area contributed by atoms with E-state index < -0.39 is 12.1 Å². The van der Waals surface area contributed by atoms with Crippen LogP contribution in [-0.4, -0.2) is 40.0 Å². The molecule has 0 fully saturated rings. The minimum Gasteiger partial charge on any atom is -0.394 e. The zero-order valence-corrected chi connectivity index (χ0v) is 9.30. The van der Waals surface area contributed by atoms with Gasteiger partial charge in [0.25, 0.3) is 0 Å². The summed E-state index contributed by atoms with van der Waals surface area (Å²) >= 11 is 0. The van der Waals surface area contributed by atoms with E-state index in [4.69, 9.17) is 9.63 Å². The minimum absolute atomic E-state index is 0.0457. The largest absolute Gasteiger partial charge is 0.394 e. The molecule has 0 saturated carbocycles. The van der Waals surface area contributed by atoms with Gasteiger partial charge in [0.2, 0.25) is 5.91 Å². The number of carbonyl (C=O) groups is 1. The Bertz CT molecular complexity index is 348. The quantitative estimate of drug-likeness (QED) is 0.624. The van der Waals surface area contributed by atoms with Crippen LogP contribution < -0.4 is 5.32 Å². The van der Waals surface area contributed by atoms with E-state index in [0.29, 0.717) is 11.5 Å². The number of amides is 1. The van der Waals surface area contributed by atoms with E-state index in [0.717, 1.165) is 0 Å². The molecule has 0 aliphatic rings. The van der Waals surface area contributed by atoms with E-state index in [9.17, 15) is 9.90 Å². The predicted octanol–water partition coefficient (Wildman–Crippen LogP) is -0.617. The summed E-state index contributed by atoms with van der Waals surface area (Å²) < 4.78 is 4.87. The fourth-order valence-corrected chi connectivity index (χ4v) is 1.23. The van der Waals surface area contributed by atoms with Crippen LogP contribution in [-0.2, 0) is 11.2 Å². The zero-order valence-electron chi connectivity index (χ0n) is 9.30. The summed E-state index contributed by atoms with van der Waals surface area (Å²) in [6, 6.07) is 1.01. The summed E-state index contributed by atoms with van der Waals surface area (Å²) in [5.74, 6) is 0.133. The molecule has 2 atom stereocenters. The van der Waals surface area contributed by atoms with Gasteiger partial charge in [0.05, 0.1) is 30.9 Å². The van der Waals surface area contributed by atoms with Crippen LogP contribution in [0.25, 0.3) is 0 Å². The number of aromatic nitrogens is 1. The molecule has 3 N–H and O–H groups in total. The minimum atomic E-state index is -0.801. The van der Waals surface area contributed by atoms with Gasteiger partial charge in [-0.15, -0.1) is 0 Å². The lowest BCUT2D eigenvalue weighted by molar-refractivity contribution is -0.122. The van der Waals surface area contributed by atoms with E-state index in [-0.39, 0.29) is 18.9 Å². The molecule has 0 unspecified atom stereocenters. The standard InChI is InChI=1S/C10H16N2O4/c1-6-3-8(16-12-6)4-10(15)11-9(5-13)7(2)14/h3,7,9,13-14H,4-5H2,1-2H3,(H,11,15)/t7-,9+/m1/s1. The van der Waals surface area contributed by atoms with Crippen molar-refractivity contribution in [2.75, 3.05) is 6.61 Å². The van der Waals surface area contributed by atoms with Crippen LogP contribution in [0.3, 0.4) is 0 Å². The molecule has 0 bridgehead atoms. The van der Waals surface area contributed by atoms with Gasteiger partial charge in [-0.3, -0.25) is 4.79 Å². The highest BCUT2D eigenvalue weighted by molar-refractivity contribution is 5.78. The average Bonchev–Trinajstić information content (AvgIpc) is 2.60. The molecule has 1 amide bonds. The molecule has 0 aliphatic carbocycles. The first-order valence-corrected chi connectivity index (χ1v) is 5.03. The van der Waals surface area contributed by atoms with Crippen LogP contribution in [0.15, 0.2) is 10.6 Å². The summed E-state index contributed by atoms with van der Waals surface area (Å²) in [5.41, 5.74) is 0.706. The maximum atomic E-state index is 11.5. The van der Waals surface area contributed by atoms with Crippen LogP contribution in [0.1, 0.15) is 18.4 Å². The second-order valence-corrected chi connectivity index (χ2v) is 3.71. The Kier molecular flexibility index (Phi) is 4.45. The second kappa shape index (κ2) is 5.62. The number of nitrogens with zero attached hydrogens (tertiary/aromatic N) is 1. The van der Waals surface area contributed by atoms with Crippen molar-refractivity contribution in [1.82, 2.24) is 10.5 Å². The van der Waals surface area contributed by atoms with Crippen LogP contribution in [0, 0.1) is 6.92 Å². The lowest BCUT2D eigenvalue weighted by Gasteiger charge is -2.18. The highest BCUT2D eigenvalue weighted by Crippen LogP contribution is 2.03. The molecule has 0 radical (unpaired) electrons. The lowest BCUT2D eigenvalue weighted by atomic mass is 10.2. The Morgan fingerprint density at radius 2 is 2.38 bits per heavy atom. The molecule has 16 heavy (non-hydrogen) atoms. The molecule has 1 aromatic rings. The molecule has 6 nitrogen and oxygen atoms in total. The van der Waals surface area contributed by atoms with Gasteiger partial charge >= 0.3 is 0 Å². The number of aryl methyl sites for hydroxylation is 1. The van der Waals surface area contributed by atoms with Crippen molar-refractivity contribution >= 4 is 5.91 Å². The van der Waals surface area contributed by atoms with Gasteiger partial charge in [0.1, 0.15) is 5.76 Å². The van der Waals surface area contributed by atoms with Gasteiger partial charge in [0, 0.05) is 6.07 Å². The smallest absolute Gasteiger partial charge is 0.228 e. The van der Waals surface area contributed by atoms with Crippen LogP contribution in [0.2, 0.25) is 0 Å². The first-order chi connectivity index (χ1) is 7.52. The van der Waals surface area contributed by atoms with Crippen LogP contribution in [0.5, 0.6) is 0 Å². The van der Waals surface area contributed by atoms with E-state index in [1.165, 1.54) is 6.92 Å². The summed E-state index contributed by atoms with van der Waals surface area (Å²) in [4.78, 5) is 11.5. The third kappa shape index (κ3) is 3.63. The Morgan fingerprint density at radius 3 is 2.81 bits per heavy atom. The van der Waals surface area contributed by atoms with Gasteiger partial charge in [-0.2, -0.15) is 0 Å². The van der Waals surface area contributed by atoms with Gasteiger partial charge in [0.15, 0.2) is 0 Å². The van der Waals surface area contributed by atoms with E-state index >= 15 is 0 Å². The third-order valence-electron chi connectivity index (χ3n) is 2.14. The number of hydrogen-bond acceptors (Lipinski definition) is 5. The molecule has 90 valence electrons. The van der Waals surface area contributed by atoms with E-state index in [1.54, 1.807) is 13.0 Å². The molecule has 1 heterocycles. The number of hydrogen-bond donors (Lipinski definition) is 3.